The highest BCUT2D eigenvalue weighted by atomic mass is 32.2. The Bertz CT molecular complexity index is 279. The number of hydrogen-bond donors (Lipinski definition) is 1. The first-order valence-corrected chi connectivity index (χ1v) is 6.91. The van der Waals surface area contributed by atoms with Gasteiger partial charge in [0.15, 0.2) is 0 Å². The fourth-order valence-corrected chi connectivity index (χ4v) is 3.55. The molecule has 1 unspecified atom stereocenters. The monoisotopic (exact) mass is 236 g/mol. The fourth-order valence-electron chi connectivity index (χ4n) is 1.88. The van der Waals surface area contributed by atoms with Gasteiger partial charge in [0.05, 0.1) is 12.4 Å². The lowest BCUT2D eigenvalue weighted by atomic mass is 10.1. The van der Waals surface area contributed by atoms with Gasteiger partial charge in [-0.3, -0.25) is 0 Å². The zero-order chi connectivity index (χ0) is 11.3. The van der Waals surface area contributed by atoms with Crippen LogP contribution in [0.2, 0.25) is 0 Å². The first-order chi connectivity index (χ1) is 7.11. The molecule has 6 heteroatoms. The molecule has 5 nitrogen and oxygen atoms in total. The van der Waals surface area contributed by atoms with Crippen LogP contribution in [0.5, 0.6) is 0 Å². The van der Waals surface area contributed by atoms with Crippen molar-refractivity contribution < 1.29 is 13.2 Å². The molecular formula is C9H20N2O3S. The lowest BCUT2D eigenvalue weighted by Gasteiger charge is -2.33. The van der Waals surface area contributed by atoms with Gasteiger partial charge in [-0.2, -0.15) is 4.31 Å². The number of nitrogens with two attached hydrogens (primary N) is 1. The average Bonchev–Trinajstić information content (AvgIpc) is 2.26. The van der Waals surface area contributed by atoms with Crippen molar-refractivity contribution in [2.24, 2.45) is 5.73 Å². The Hall–Kier alpha value is -0.170. The molecule has 1 aliphatic rings. The van der Waals surface area contributed by atoms with E-state index < -0.39 is 10.0 Å². The molecule has 90 valence electrons. The molecule has 0 aromatic heterocycles. The van der Waals surface area contributed by atoms with Crippen LogP contribution in [0.15, 0.2) is 0 Å². The summed E-state index contributed by atoms with van der Waals surface area (Å²) < 4.78 is 30.2. The predicted octanol–water partition coefficient (Wildman–Crippen LogP) is -0.224. The standard InChI is InChI=1S/C9H20N2O3S/c1-14-6-7-15(12,13)11-5-3-2-4-9(11)8-10/h9H,2-8,10H2,1H3. The second-order valence-electron chi connectivity index (χ2n) is 3.80. The van der Waals surface area contributed by atoms with Gasteiger partial charge in [-0.1, -0.05) is 6.42 Å². The maximum atomic E-state index is 11.9. The van der Waals surface area contributed by atoms with Crippen molar-refractivity contribution in [3.63, 3.8) is 0 Å². The number of sulfonamides is 1. The van der Waals surface area contributed by atoms with Crippen LogP contribution >= 0.6 is 0 Å². The highest BCUT2D eigenvalue weighted by Crippen LogP contribution is 2.19. The summed E-state index contributed by atoms with van der Waals surface area (Å²) in [6.45, 7) is 1.26. The molecule has 0 aliphatic carbocycles. The van der Waals surface area contributed by atoms with Crippen molar-refractivity contribution in [1.29, 1.82) is 0 Å². The van der Waals surface area contributed by atoms with Crippen LogP contribution < -0.4 is 5.73 Å². The molecule has 1 aliphatic heterocycles. The highest BCUT2D eigenvalue weighted by Gasteiger charge is 2.30. The quantitative estimate of drug-likeness (QED) is 0.716. The summed E-state index contributed by atoms with van der Waals surface area (Å²) in [4.78, 5) is 0. The summed E-state index contributed by atoms with van der Waals surface area (Å²) in [5.74, 6) is 0.0556. The second-order valence-corrected chi connectivity index (χ2v) is 5.85. The number of methoxy groups -OCH3 is 1. The number of nitrogens with zero attached hydrogens (tertiary/aromatic N) is 1. The normalized spacial score (nSPS) is 24.3. The molecule has 0 amide bonds. The average molecular weight is 236 g/mol. The van der Waals surface area contributed by atoms with E-state index >= 15 is 0 Å². The van der Waals surface area contributed by atoms with Crippen LogP contribution in [-0.2, 0) is 14.8 Å². The van der Waals surface area contributed by atoms with Crippen molar-refractivity contribution in [1.82, 2.24) is 4.31 Å². The Morgan fingerprint density at radius 3 is 2.80 bits per heavy atom. The Balaban J connectivity index is 2.65. The number of ether oxygens (including phenoxy) is 1. The maximum absolute atomic E-state index is 11.9. The van der Waals surface area contributed by atoms with Gasteiger partial charge in [-0.05, 0) is 12.8 Å². The van der Waals surface area contributed by atoms with Crippen LogP contribution in [0.4, 0.5) is 0 Å². The number of piperidine rings is 1. The number of rotatable bonds is 5. The molecule has 1 rings (SSSR count). The molecule has 0 aromatic rings. The predicted molar refractivity (Wildman–Crippen MR) is 59.1 cm³/mol. The zero-order valence-corrected chi connectivity index (χ0v) is 10.0. The van der Waals surface area contributed by atoms with Crippen molar-refractivity contribution in [2.45, 2.75) is 25.3 Å². The molecule has 0 radical (unpaired) electrons. The first-order valence-electron chi connectivity index (χ1n) is 5.30. The fraction of sp³-hybridized carbons (Fsp3) is 1.00. The summed E-state index contributed by atoms with van der Waals surface area (Å²) in [5, 5.41) is 0. The largest absolute Gasteiger partial charge is 0.384 e. The molecule has 0 aromatic carbocycles. The third-order valence-electron chi connectivity index (χ3n) is 2.75. The SMILES string of the molecule is COCCS(=O)(=O)N1CCCCC1CN. The van der Waals surface area contributed by atoms with E-state index in [4.69, 9.17) is 10.5 Å². The minimum Gasteiger partial charge on any atom is -0.384 e. The van der Waals surface area contributed by atoms with Crippen molar-refractivity contribution >= 4 is 10.0 Å². The van der Waals surface area contributed by atoms with E-state index in [9.17, 15) is 8.42 Å². The first kappa shape index (κ1) is 12.9. The van der Waals surface area contributed by atoms with Crippen LogP contribution in [-0.4, -0.2) is 51.3 Å². The van der Waals surface area contributed by atoms with Gasteiger partial charge in [0.1, 0.15) is 0 Å². The zero-order valence-electron chi connectivity index (χ0n) is 9.18. The summed E-state index contributed by atoms with van der Waals surface area (Å²) in [7, 11) is -1.67. The Labute approximate surface area is 91.6 Å². The minimum absolute atomic E-state index is 0.0133. The lowest BCUT2D eigenvalue weighted by Crippen LogP contribution is -2.48. The van der Waals surface area contributed by atoms with Gasteiger partial charge in [-0.15, -0.1) is 0 Å². The molecule has 1 atom stereocenters. The maximum Gasteiger partial charge on any atom is 0.216 e. The number of hydrogen-bond acceptors (Lipinski definition) is 4. The van der Waals surface area contributed by atoms with Crippen molar-refractivity contribution in [3.05, 3.63) is 0 Å². The van der Waals surface area contributed by atoms with Gasteiger partial charge < -0.3 is 10.5 Å². The van der Waals surface area contributed by atoms with Crippen LogP contribution in [0.1, 0.15) is 19.3 Å². The second kappa shape index (κ2) is 5.79. The minimum atomic E-state index is -3.18. The van der Waals surface area contributed by atoms with Crippen LogP contribution in [0.3, 0.4) is 0 Å². The summed E-state index contributed by atoms with van der Waals surface area (Å²) in [6, 6.07) is -0.0133. The van der Waals surface area contributed by atoms with Gasteiger partial charge in [0.2, 0.25) is 10.0 Å². The molecule has 2 N–H and O–H groups in total. The molecule has 0 saturated carbocycles. The molecule has 1 saturated heterocycles. The van der Waals surface area contributed by atoms with E-state index in [-0.39, 0.29) is 18.4 Å². The van der Waals surface area contributed by atoms with E-state index in [2.05, 4.69) is 0 Å². The third kappa shape index (κ3) is 3.41. The smallest absolute Gasteiger partial charge is 0.216 e. The van der Waals surface area contributed by atoms with Gasteiger partial charge in [0, 0.05) is 26.2 Å². The van der Waals surface area contributed by atoms with E-state index in [0.717, 1.165) is 19.3 Å². The summed E-state index contributed by atoms with van der Waals surface area (Å²) in [6.07, 6.45) is 2.88. The third-order valence-corrected chi connectivity index (χ3v) is 4.63. The Morgan fingerprint density at radius 2 is 2.20 bits per heavy atom. The highest BCUT2D eigenvalue weighted by molar-refractivity contribution is 7.89. The topological polar surface area (TPSA) is 72.6 Å². The summed E-state index contributed by atoms with van der Waals surface area (Å²) in [5.41, 5.74) is 5.58. The van der Waals surface area contributed by atoms with E-state index in [1.54, 1.807) is 4.31 Å². The van der Waals surface area contributed by atoms with Crippen LogP contribution in [0.25, 0.3) is 0 Å². The molecular weight excluding hydrogens is 216 g/mol. The Morgan fingerprint density at radius 1 is 1.47 bits per heavy atom. The Kier molecular flexibility index (Phi) is 4.98. The van der Waals surface area contributed by atoms with Gasteiger partial charge >= 0.3 is 0 Å². The van der Waals surface area contributed by atoms with E-state index in [1.807, 2.05) is 0 Å². The van der Waals surface area contributed by atoms with Gasteiger partial charge in [-0.25, -0.2) is 8.42 Å². The van der Waals surface area contributed by atoms with E-state index in [0.29, 0.717) is 13.1 Å². The molecule has 1 fully saturated rings. The molecule has 15 heavy (non-hydrogen) atoms. The van der Waals surface area contributed by atoms with E-state index in [1.165, 1.54) is 7.11 Å². The van der Waals surface area contributed by atoms with Crippen molar-refractivity contribution in [3.8, 4) is 0 Å². The van der Waals surface area contributed by atoms with Crippen LogP contribution in [0, 0.1) is 0 Å². The molecule has 0 bridgehead atoms. The van der Waals surface area contributed by atoms with Crippen molar-refractivity contribution in [2.75, 3.05) is 32.6 Å². The summed E-state index contributed by atoms with van der Waals surface area (Å²) >= 11 is 0. The molecule has 0 spiro atoms. The molecule has 1 heterocycles. The van der Waals surface area contributed by atoms with Gasteiger partial charge in [0.25, 0.3) is 0 Å². The lowest BCUT2D eigenvalue weighted by molar-refractivity contribution is 0.210.